The van der Waals surface area contributed by atoms with Gasteiger partial charge < -0.3 is 10.4 Å². The van der Waals surface area contributed by atoms with Crippen LogP contribution in [0.2, 0.25) is 0 Å². The number of aliphatic hydroxyl groups excluding tert-OH is 1. The third-order valence-corrected chi connectivity index (χ3v) is 3.41. The zero-order valence-electron chi connectivity index (χ0n) is 13.1. The molecule has 0 radical (unpaired) electrons. The van der Waals surface area contributed by atoms with Crippen molar-refractivity contribution in [2.24, 2.45) is 0 Å². The Balaban J connectivity index is 4.66. The Hall–Kier alpha value is -0.330. The number of hydrogen-bond donors (Lipinski definition) is 2. The Bertz CT molecular complexity index is 261. The topological polar surface area (TPSA) is 35.5 Å². The van der Waals surface area contributed by atoms with Crippen molar-refractivity contribution >= 4 is 0 Å². The highest BCUT2D eigenvalue weighted by atomic mass is 19.4. The lowest BCUT2D eigenvalue weighted by molar-refractivity contribution is -0.151. The summed E-state index contributed by atoms with van der Waals surface area (Å²) in [6.07, 6.45) is -2.10. The van der Waals surface area contributed by atoms with E-state index in [-0.39, 0.29) is 12.6 Å². The van der Waals surface area contributed by atoms with E-state index in [1.54, 1.807) is 6.92 Å². The zero-order chi connectivity index (χ0) is 15.8. The van der Waals surface area contributed by atoms with E-state index < -0.39 is 18.3 Å². The average Bonchev–Trinajstić information content (AvgIpc) is 2.34. The number of nitrogens with zero attached hydrogens (tertiary/aromatic N) is 1. The lowest BCUT2D eigenvalue weighted by Crippen LogP contribution is -2.52. The van der Waals surface area contributed by atoms with Gasteiger partial charge in [0.2, 0.25) is 0 Å². The van der Waals surface area contributed by atoms with Gasteiger partial charge in [-0.15, -0.1) is 0 Å². The molecule has 0 bridgehead atoms. The summed E-state index contributed by atoms with van der Waals surface area (Å²) in [4.78, 5) is 1.45. The SMILES string of the molecule is CCCNC(C)(CO)CC(C)N(CCC)CC(F)(F)F. The summed E-state index contributed by atoms with van der Waals surface area (Å²) in [6.45, 7) is 7.73. The molecule has 0 aliphatic carbocycles. The van der Waals surface area contributed by atoms with Crippen molar-refractivity contribution in [1.82, 2.24) is 10.2 Å². The second kappa shape index (κ2) is 8.85. The van der Waals surface area contributed by atoms with E-state index in [1.807, 2.05) is 20.8 Å². The van der Waals surface area contributed by atoms with Crippen LogP contribution in [0.1, 0.15) is 47.0 Å². The molecule has 2 atom stereocenters. The lowest BCUT2D eigenvalue weighted by Gasteiger charge is -2.37. The molecule has 0 aromatic carbocycles. The summed E-state index contributed by atoms with van der Waals surface area (Å²) in [6, 6.07) is -0.238. The van der Waals surface area contributed by atoms with Crippen LogP contribution in [-0.2, 0) is 0 Å². The van der Waals surface area contributed by atoms with E-state index >= 15 is 0 Å². The van der Waals surface area contributed by atoms with Crippen LogP contribution in [0.15, 0.2) is 0 Å². The number of nitrogens with one attached hydrogen (secondary N) is 1. The number of halogens is 3. The van der Waals surface area contributed by atoms with Crippen molar-refractivity contribution in [3.63, 3.8) is 0 Å². The molecule has 122 valence electrons. The average molecular weight is 298 g/mol. The van der Waals surface area contributed by atoms with Gasteiger partial charge in [-0.1, -0.05) is 13.8 Å². The van der Waals surface area contributed by atoms with Crippen molar-refractivity contribution in [2.45, 2.75) is 64.7 Å². The fourth-order valence-electron chi connectivity index (χ4n) is 2.37. The smallest absolute Gasteiger partial charge is 0.394 e. The Morgan fingerprint density at radius 3 is 2.20 bits per heavy atom. The molecular formula is C14H29F3N2O. The van der Waals surface area contributed by atoms with Gasteiger partial charge in [-0.2, -0.15) is 13.2 Å². The minimum absolute atomic E-state index is 0.0800. The van der Waals surface area contributed by atoms with Gasteiger partial charge in [0, 0.05) is 11.6 Å². The fourth-order valence-corrected chi connectivity index (χ4v) is 2.37. The van der Waals surface area contributed by atoms with Crippen LogP contribution in [0, 0.1) is 0 Å². The van der Waals surface area contributed by atoms with E-state index in [1.165, 1.54) is 4.90 Å². The van der Waals surface area contributed by atoms with Gasteiger partial charge >= 0.3 is 6.18 Å². The summed E-state index contributed by atoms with van der Waals surface area (Å²) < 4.78 is 37.8. The van der Waals surface area contributed by atoms with E-state index in [0.717, 1.165) is 13.0 Å². The van der Waals surface area contributed by atoms with Crippen molar-refractivity contribution in [3.05, 3.63) is 0 Å². The number of rotatable bonds is 10. The number of alkyl halides is 3. The zero-order valence-corrected chi connectivity index (χ0v) is 13.1. The molecule has 0 aromatic rings. The lowest BCUT2D eigenvalue weighted by atomic mass is 9.93. The molecule has 2 unspecified atom stereocenters. The van der Waals surface area contributed by atoms with Crippen LogP contribution in [0.3, 0.4) is 0 Å². The van der Waals surface area contributed by atoms with Crippen molar-refractivity contribution in [2.75, 3.05) is 26.2 Å². The molecule has 3 nitrogen and oxygen atoms in total. The Labute approximate surface area is 120 Å². The number of hydrogen-bond acceptors (Lipinski definition) is 3. The maximum atomic E-state index is 12.6. The van der Waals surface area contributed by atoms with E-state index in [9.17, 15) is 18.3 Å². The molecule has 0 aliphatic heterocycles. The predicted molar refractivity (Wildman–Crippen MR) is 75.8 cm³/mol. The summed E-state index contributed by atoms with van der Waals surface area (Å²) in [7, 11) is 0. The molecule has 0 aliphatic rings. The van der Waals surface area contributed by atoms with Crippen molar-refractivity contribution in [1.29, 1.82) is 0 Å². The first-order valence-electron chi connectivity index (χ1n) is 7.34. The molecule has 0 amide bonds. The molecule has 0 fully saturated rings. The molecular weight excluding hydrogens is 269 g/mol. The highest BCUT2D eigenvalue weighted by Crippen LogP contribution is 2.22. The van der Waals surface area contributed by atoms with Crippen LogP contribution in [-0.4, -0.2) is 54.0 Å². The van der Waals surface area contributed by atoms with Crippen LogP contribution in [0.25, 0.3) is 0 Å². The predicted octanol–water partition coefficient (Wildman–Crippen LogP) is 2.79. The third-order valence-electron chi connectivity index (χ3n) is 3.41. The molecule has 2 N–H and O–H groups in total. The largest absolute Gasteiger partial charge is 0.401 e. The van der Waals surface area contributed by atoms with Crippen LogP contribution < -0.4 is 5.32 Å². The van der Waals surface area contributed by atoms with Gasteiger partial charge in [0.25, 0.3) is 0 Å². The normalized spacial score (nSPS) is 17.2. The highest BCUT2D eigenvalue weighted by Gasteiger charge is 2.34. The van der Waals surface area contributed by atoms with E-state index in [2.05, 4.69) is 5.32 Å². The quantitative estimate of drug-likeness (QED) is 0.651. The molecule has 0 saturated carbocycles. The van der Waals surface area contributed by atoms with Gasteiger partial charge in [0.05, 0.1) is 13.2 Å². The van der Waals surface area contributed by atoms with Crippen LogP contribution >= 0.6 is 0 Å². The second-order valence-corrected chi connectivity index (χ2v) is 5.78. The third kappa shape index (κ3) is 8.07. The highest BCUT2D eigenvalue weighted by molar-refractivity contribution is 4.87. The van der Waals surface area contributed by atoms with Crippen LogP contribution in [0.4, 0.5) is 13.2 Å². The standard InChI is InChI=1S/C14H29F3N2O/c1-5-7-18-13(4,11-20)9-12(3)19(8-6-2)10-14(15,16)17/h12,18,20H,5-11H2,1-4H3. The minimum atomic E-state index is -4.18. The molecule has 0 heterocycles. The van der Waals surface area contributed by atoms with E-state index in [0.29, 0.717) is 19.4 Å². The molecule has 20 heavy (non-hydrogen) atoms. The first-order valence-corrected chi connectivity index (χ1v) is 7.34. The summed E-state index contributed by atoms with van der Waals surface area (Å²) in [5, 5.41) is 12.7. The van der Waals surface area contributed by atoms with Crippen molar-refractivity contribution in [3.8, 4) is 0 Å². The first kappa shape index (κ1) is 19.7. The maximum Gasteiger partial charge on any atom is 0.401 e. The minimum Gasteiger partial charge on any atom is -0.394 e. The van der Waals surface area contributed by atoms with Gasteiger partial charge in [0.15, 0.2) is 0 Å². The van der Waals surface area contributed by atoms with Gasteiger partial charge in [0.1, 0.15) is 0 Å². The Kier molecular flexibility index (Phi) is 8.70. The molecule has 0 saturated heterocycles. The summed E-state index contributed by atoms with van der Waals surface area (Å²) in [5.41, 5.74) is -0.535. The Morgan fingerprint density at radius 1 is 1.20 bits per heavy atom. The second-order valence-electron chi connectivity index (χ2n) is 5.78. The molecule has 0 spiro atoms. The number of aliphatic hydroxyl groups is 1. The maximum absolute atomic E-state index is 12.6. The molecule has 6 heteroatoms. The van der Waals surface area contributed by atoms with Gasteiger partial charge in [-0.3, -0.25) is 4.90 Å². The van der Waals surface area contributed by atoms with Gasteiger partial charge in [-0.05, 0) is 46.2 Å². The Morgan fingerprint density at radius 2 is 1.80 bits per heavy atom. The van der Waals surface area contributed by atoms with E-state index in [4.69, 9.17) is 0 Å². The summed E-state index contributed by atoms with van der Waals surface area (Å²) in [5.74, 6) is 0. The van der Waals surface area contributed by atoms with Gasteiger partial charge in [-0.25, -0.2) is 0 Å². The van der Waals surface area contributed by atoms with Crippen LogP contribution in [0.5, 0.6) is 0 Å². The monoisotopic (exact) mass is 298 g/mol. The first-order chi connectivity index (χ1) is 9.17. The molecule has 0 aromatic heterocycles. The van der Waals surface area contributed by atoms with Crippen molar-refractivity contribution < 1.29 is 18.3 Å². The molecule has 0 rings (SSSR count). The fraction of sp³-hybridized carbons (Fsp3) is 1.00. The summed E-state index contributed by atoms with van der Waals surface area (Å²) >= 11 is 0.